The largest absolute Gasteiger partial charge is 0.458 e. The number of carbonyl (C=O) groups is 2. The number of carbonyl (C=O) groups excluding carboxylic acids is 2. The fourth-order valence-corrected chi connectivity index (χ4v) is 11.9. The molecule has 0 heterocycles. The molecule has 6 fully saturated rings. The summed E-state index contributed by atoms with van der Waals surface area (Å²) < 4.78 is 12.5. The molecule has 0 radical (unpaired) electrons. The number of esters is 2. The average molecular weight is 597 g/mol. The van der Waals surface area contributed by atoms with Gasteiger partial charge in [0.15, 0.2) is 0 Å². The van der Waals surface area contributed by atoms with E-state index in [1.807, 2.05) is 74.5 Å². The van der Waals surface area contributed by atoms with E-state index in [9.17, 15) is 9.59 Å². The molecule has 2 aromatic carbocycles. The second-order valence-corrected chi connectivity index (χ2v) is 16.7. The zero-order valence-electron chi connectivity index (χ0n) is 27.7. The van der Waals surface area contributed by atoms with E-state index in [1.54, 1.807) is 0 Å². The van der Waals surface area contributed by atoms with Gasteiger partial charge in [-0.2, -0.15) is 0 Å². The van der Waals surface area contributed by atoms with Crippen LogP contribution < -0.4 is 0 Å². The van der Waals surface area contributed by atoms with Gasteiger partial charge in [0.2, 0.25) is 0 Å². The molecule has 6 saturated carbocycles. The fourth-order valence-electron chi connectivity index (χ4n) is 11.9. The lowest BCUT2D eigenvalue weighted by Crippen LogP contribution is -2.41. The van der Waals surface area contributed by atoms with Gasteiger partial charge in [-0.25, -0.2) is 0 Å². The zero-order valence-corrected chi connectivity index (χ0v) is 27.7. The predicted molar refractivity (Wildman–Crippen MR) is 173 cm³/mol. The molecule has 4 heteroatoms. The highest BCUT2D eigenvalue weighted by Crippen LogP contribution is 2.72. The summed E-state index contributed by atoms with van der Waals surface area (Å²) in [6.45, 7) is 13.5. The second-order valence-electron chi connectivity index (χ2n) is 16.7. The van der Waals surface area contributed by atoms with Crippen molar-refractivity contribution in [2.75, 3.05) is 0 Å². The van der Waals surface area contributed by atoms with E-state index in [4.69, 9.17) is 9.47 Å². The van der Waals surface area contributed by atoms with Crippen molar-refractivity contribution in [1.82, 2.24) is 0 Å². The Hall–Kier alpha value is -2.62. The number of hydrogen-bond donors (Lipinski definition) is 0. The zero-order chi connectivity index (χ0) is 31.1. The molecule has 8 rings (SSSR count). The highest BCUT2D eigenvalue weighted by molar-refractivity contribution is 5.79. The SMILES string of the molecule is C[C@H](C(=O)O[C@]12CC[C@@H]3C[C@H](C1)C(C)(C)[C@@H]32)c1ccccc1.C[C@H](C(=O)O[C@]12CC[C@@H]3C[C@H](C1)C(C)(C)[C@@H]32)c1ccccc1. The third-order valence-corrected chi connectivity index (χ3v) is 13.9. The van der Waals surface area contributed by atoms with Crippen LogP contribution in [-0.2, 0) is 19.1 Å². The van der Waals surface area contributed by atoms with Crippen molar-refractivity contribution in [2.45, 2.75) is 116 Å². The lowest BCUT2D eigenvalue weighted by atomic mass is 9.78. The summed E-state index contributed by atoms with van der Waals surface area (Å²) in [7, 11) is 0. The molecular formula is C40H52O4. The van der Waals surface area contributed by atoms with Crippen LogP contribution in [-0.4, -0.2) is 23.1 Å². The summed E-state index contributed by atoms with van der Waals surface area (Å²) in [6.07, 6.45) is 9.54. The first-order valence-electron chi connectivity index (χ1n) is 17.4. The Bertz CT molecular complexity index is 1290. The maximum atomic E-state index is 12.7. The highest BCUT2D eigenvalue weighted by Gasteiger charge is 2.71. The lowest BCUT2D eigenvalue weighted by Gasteiger charge is -2.36. The van der Waals surface area contributed by atoms with Crippen molar-refractivity contribution in [3.05, 3.63) is 71.8 Å². The molecule has 4 bridgehead atoms. The van der Waals surface area contributed by atoms with Crippen LogP contribution in [0.2, 0.25) is 0 Å². The van der Waals surface area contributed by atoms with Gasteiger partial charge in [0, 0.05) is 11.8 Å². The highest BCUT2D eigenvalue weighted by atomic mass is 16.6. The molecule has 0 saturated heterocycles. The van der Waals surface area contributed by atoms with E-state index >= 15 is 0 Å². The van der Waals surface area contributed by atoms with E-state index in [0.717, 1.165) is 60.5 Å². The number of benzene rings is 2. The van der Waals surface area contributed by atoms with Crippen LogP contribution in [0.4, 0.5) is 0 Å². The molecule has 0 N–H and O–H groups in total. The maximum Gasteiger partial charge on any atom is 0.313 e. The molecule has 10 atom stereocenters. The van der Waals surface area contributed by atoms with E-state index in [0.29, 0.717) is 22.7 Å². The predicted octanol–water partition coefficient (Wildman–Crippen LogP) is 9.10. The Kier molecular flexibility index (Phi) is 7.14. The molecule has 6 aliphatic rings. The second kappa shape index (κ2) is 10.5. The van der Waals surface area contributed by atoms with Gasteiger partial charge in [0.05, 0.1) is 11.8 Å². The molecule has 0 aromatic heterocycles. The summed E-state index contributed by atoms with van der Waals surface area (Å²) in [5.74, 6) is 3.81. The van der Waals surface area contributed by atoms with Crippen molar-refractivity contribution in [1.29, 1.82) is 0 Å². The number of rotatable bonds is 6. The van der Waals surface area contributed by atoms with Crippen LogP contribution in [0.1, 0.15) is 116 Å². The lowest BCUT2D eigenvalue weighted by molar-refractivity contribution is -0.167. The molecule has 6 aliphatic carbocycles. The first kappa shape index (κ1) is 30.1. The molecule has 44 heavy (non-hydrogen) atoms. The van der Waals surface area contributed by atoms with Crippen LogP contribution in [0.3, 0.4) is 0 Å². The molecule has 4 nitrogen and oxygen atoms in total. The fraction of sp³-hybridized carbons (Fsp3) is 0.650. The summed E-state index contributed by atoms with van der Waals surface area (Å²) in [5, 5.41) is 0. The first-order chi connectivity index (χ1) is 20.9. The third-order valence-electron chi connectivity index (χ3n) is 13.9. The molecule has 0 spiro atoms. The standard InChI is InChI=1S/2C20H26O2/c2*1-13(14-7-5-4-6-8-14)18(21)22-20-10-9-15-11-16(12-20)19(2,3)17(15)20/h2*4-8,13,15-17H,9-12H2,1-3H3/t2*13-,15+,16+,17+,20+/m00/s1. The molecule has 0 unspecified atom stereocenters. The van der Waals surface area contributed by atoms with Crippen LogP contribution in [0.5, 0.6) is 0 Å². The smallest absolute Gasteiger partial charge is 0.313 e. The molecule has 0 amide bonds. The summed E-state index contributed by atoms with van der Waals surface area (Å²) in [5.41, 5.74) is 2.49. The number of hydrogen-bond acceptors (Lipinski definition) is 4. The molecule has 236 valence electrons. The van der Waals surface area contributed by atoms with Gasteiger partial charge in [-0.1, -0.05) is 88.4 Å². The Morgan fingerprint density at radius 2 is 1.00 bits per heavy atom. The van der Waals surface area contributed by atoms with E-state index in [-0.39, 0.29) is 35.0 Å². The van der Waals surface area contributed by atoms with Crippen molar-refractivity contribution < 1.29 is 19.1 Å². The monoisotopic (exact) mass is 596 g/mol. The minimum absolute atomic E-state index is 0.0322. The van der Waals surface area contributed by atoms with Crippen LogP contribution in [0.25, 0.3) is 0 Å². The van der Waals surface area contributed by atoms with Gasteiger partial charge in [-0.3, -0.25) is 9.59 Å². The van der Waals surface area contributed by atoms with E-state index in [1.165, 1.54) is 25.7 Å². The van der Waals surface area contributed by atoms with Crippen molar-refractivity contribution in [3.8, 4) is 0 Å². The minimum atomic E-state index is -0.170. The van der Waals surface area contributed by atoms with Gasteiger partial charge in [-0.05, 0) is 111 Å². The summed E-state index contributed by atoms with van der Waals surface area (Å²) in [4.78, 5) is 25.5. The van der Waals surface area contributed by atoms with Crippen LogP contribution in [0.15, 0.2) is 60.7 Å². The molecular weight excluding hydrogens is 544 g/mol. The summed E-state index contributed by atoms with van der Waals surface area (Å²) >= 11 is 0. The average Bonchev–Trinajstić information content (AvgIpc) is 3.71. The molecule has 2 aromatic rings. The normalized spacial score (nSPS) is 39.0. The first-order valence-corrected chi connectivity index (χ1v) is 17.4. The Morgan fingerprint density at radius 1 is 0.636 bits per heavy atom. The molecule has 0 aliphatic heterocycles. The number of fused-ring (bicyclic) bond motifs is 2. The third kappa shape index (κ3) is 4.51. The van der Waals surface area contributed by atoms with Crippen molar-refractivity contribution in [3.63, 3.8) is 0 Å². The number of ether oxygens (including phenoxy) is 2. The van der Waals surface area contributed by atoms with Gasteiger partial charge < -0.3 is 9.47 Å². The van der Waals surface area contributed by atoms with Gasteiger partial charge in [-0.15, -0.1) is 0 Å². The summed E-state index contributed by atoms with van der Waals surface area (Å²) in [6, 6.07) is 20.0. The minimum Gasteiger partial charge on any atom is -0.458 e. The van der Waals surface area contributed by atoms with Crippen LogP contribution in [0, 0.1) is 46.3 Å². The maximum absolute atomic E-state index is 12.7. The Morgan fingerprint density at radius 3 is 1.34 bits per heavy atom. The Balaban J connectivity index is 0.000000142. The van der Waals surface area contributed by atoms with E-state index < -0.39 is 0 Å². The van der Waals surface area contributed by atoms with Crippen LogP contribution >= 0.6 is 0 Å². The van der Waals surface area contributed by atoms with Crippen molar-refractivity contribution in [2.24, 2.45) is 46.3 Å². The van der Waals surface area contributed by atoms with Gasteiger partial charge in [0.1, 0.15) is 11.2 Å². The quantitative estimate of drug-likeness (QED) is 0.312. The van der Waals surface area contributed by atoms with Crippen molar-refractivity contribution >= 4 is 11.9 Å². The van der Waals surface area contributed by atoms with Gasteiger partial charge in [0.25, 0.3) is 0 Å². The van der Waals surface area contributed by atoms with Gasteiger partial charge >= 0.3 is 11.9 Å². The van der Waals surface area contributed by atoms with E-state index in [2.05, 4.69) is 27.7 Å². The Labute approximate surface area is 264 Å². The topological polar surface area (TPSA) is 52.6 Å².